The maximum atomic E-state index is 14.9. The molecule has 4 fully saturated rings. The maximum Gasteiger partial charge on any atom is 0.239 e. The number of aliphatic hydroxyl groups excluding tert-OH is 12. The number of aromatic hydroxyl groups is 2. The van der Waals surface area contributed by atoms with Crippen LogP contribution in [0.2, 0.25) is 0 Å². The summed E-state index contributed by atoms with van der Waals surface area (Å²) in [7, 11) is 0. The molecule has 24 nitrogen and oxygen atoms in total. The summed E-state index contributed by atoms with van der Waals surface area (Å²) in [5.41, 5.74) is -0.536. The first-order valence-electron chi connectivity index (χ1n) is 21.3. The van der Waals surface area contributed by atoms with E-state index in [0.717, 1.165) is 11.6 Å². The molecule has 0 bridgehead atoms. The molecule has 9 unspecified atom stereocenters. The highest BCUT2D eigenvalue weighted by atomic mass is 16.8. The van der Waals surface area contributed by atoms with E-state index in [0.29, 0.717) is 0 Å². The lowest BCUT2D eigenvalue weighted by molar-refractivity contribution is -0.357. The van der Waals surface area contributed by atoms with E-state index in [1.807, 2.05) is 0 Å². The van der Waals surface area contributed by atoms with Gasteiger partial charge in [-0.25, -0.2) is 0 Å². The van der Waals surface area contributed by atoms with Crippen molar-refractivity contribution >= 4 is 11.0 Å². The zero-order valence-electron chi connectivity index (χ0n) is 36.1. The number of hydrogen-bond acceptors (Lipinski definition) is 24. The minimum atomic E-state index is -1.98. The van der Waals surface area contributed by atoms with Gasteiger partial charge in [0.05, 0.1) is 25.9 Å². The molecule has 4 saturated heterocycles. The molecule has 19 atom stereocenters. The first-order valence-corrected chi connectivity index (χ1v) is 21.3. The van der Waals surface area contributed by atoms with E-state index in [4.69, 9.17) is 42.3 Å². The third kappa shape index (κ3) is 10.1. The Morgan fingerprint density at radius 2 is 1.25 bits per heavy atom. The molecule has 2 aromatic carbocycles. The predicted molar refractivity (Wildman–Crippen MR) is 221 cm³/mol. The van der Waals surface area contributed by atoms with Crippen molar-refractivity contribution in [3.63, 3.8) is 0 Å². The number of phenols is 2. The van der Waals surface area contributed by atoms with Gasteiger partial charge in [-0.1, -0.05) is 11.6 Å². The van der Waals surface area contributed by atoms with E-state index >= 15 is 0 Å². The van der Waals surface area contributed by atoms with Crippen LogP contribution in [0.25, 0.3) is 22.3 Å². The molecule has 0 saturated carbocycles. The number of aliphatic hydroxyl groups is 12. The second-order valence-corrected chi connectivity index (χ2v) is 17.0. The molecule has 1 aromatic heterocycles. The summed E-state index contributed by atoms with van der Waals surface area (Å²) in [4.78, 5) is 14.9. The number of ether oxygens (including phenoxy) is 8. The first-order chi connectivity index (χ1) is 31.7. The van der Waals surface area contributed by atoms with E-state index in [9.17, 15) is 76.3 Å². The van der Waals surface area contributed by atoms with Gasteiger partial charge in [0.2, 0.25) is 23.8 Å². The molecule has 14 N–H and O–H groups in total. The number of allylic oxidation sites excluding steroid dienone is 2. The summed E-state index contributed by atoms with van der Waals surface area (Å²) < 4.78 is 53.0. The van der Waals surface area contributed by atoms with Gasteiger partial charge in [-0.15, -0.1) is 0 Å². The van der Waals surface area contributed by atoms with Gasteiger partial charge in [0.15, 0.2) is 30.5 Å². The Morgan fingerprint density at radius 1 is 0.687 bits per heavy atom. The number of benzene rings is 2. The lowest BCUT2D eigenvalue weighted by Gasteiger charge is -2.45. The van der Waals surface area contributed by atoms with Crippen molar-refractivity contribution in [1.82, 2.24) is 0 Å². The summed E-state index contributed by atoms with van der Waals surface area (Å²) >= 11 is 0. The van der Waals surface area contributed by atoms with E-state index in [1.54, 1.807) is 19.9 Å². The lowest BCUT2D eigenvalue weighted by atomic mass is 9.97. The van der Waals surface area contributed by atoms with Crippen molar-refractivity contribution in [3.05, 3.63) is 57.8 Å². The first kappa shape index (κ1) is 50.7. The van der Waals surface area contributed by atoms with Gasteiger partial charge in [-0.3, -0.25) is 4.79 Å². The number of phenolic OH excluding ortho intramolecular Hbond substituents is 2. The van der Waals surface area contributed by atoms with Crippen LogP contribution in [0.3, 0.4) is 0 Å². The number of fused-ring (bicyclic) bond motifs is 1. The average Bonchev–Trinajstić information content (AvgIpc) is 3.29. The summed E-state index contributed by atoms with van der Waals surface area (Å²) in [6, 6.07) is 6.17. The minimum absolute atomic E-state index is 0.0282. The fraction of sp³-hybridized carbons (Fsp3) is 0.605. The molecule has 7 rings (SSSR count). The fourth-order valence-corrected chi connectivity index (χ4v) is 8.04. The Bertz CT molecular complexity index is 2250. The SMILES string of the molecule is CC(C)=CCc1c(O[C@@H]2OC(CO)[C@@H](O)[C@H](O)C2O[C@@H]2OC(CO)[C@@H](O)C(O)C2O)cc(O)c2c(=O)c(O[C@@H]3OC(C)[C@H](O)[C@H](O)C3O[C@@H]3OC[C@@H](O)C(O)C3O)c(-c3ccc(O)cc3)oc12. The van der Waals surface area contributed by atoms with Crippen LogP contribution in [0.15, 0.2) is 51.2 Å². The minimum Gasteiger partial charge on any atom is -0.508 e. The van der Waals surface area contributed by atoms with Crippen LogP contribution in [0.4, 0.5) is 0 Å². The van der Waals surface area contributed by atoms with E-state index in [1.165, 1.54) is 31.2 Å². The van der Waals surface area contributed by atoms with Gasteiger partial charge in [0.1, 0.15) is 101 Å². The maximum absolute atomic E-state index is 14.9. The predicted octanol–water partition coefficient (Wildman–Crippen LogP) is -3.95. The quantitative estimate of drug-likeness (QED) is 0.0727. The molecule has 0 radical (unpaired) electrons. The highest BCUT2D eigenvalue weighted by Gasteiger charge is 2.53. The molecule has 5 heterocycles. The zero-order valence-corrected chi connectivity index (χ0v) is 36.1. The zero-order chi connectivity index (χ0) is 48.8. The molecule has 372 valence electrons. The molecule has 0 amide bonds. The van der Waals surface area contributed by atoms with Gasteiger partial charge in [-0.05, 0) is 51.5 Å². The van der Waals surface area contributed by atoms with Gasteiger partial charge < -0.3 is 114 Å². The summed E-state index contributed by atoms with van der Waals surface area (Å²) in [6.07, 6.45) is -31.6. The third-order valence-corrected chi connectivity index (χ3v) is 12.0. The highest BCUT2D eigenvalue weighted by Crippen LogP contribution is 2.42. The molecule has 24 heteroatoms. The van der Waals surface area contributed by atoms with Crippen LogP contribution in [-0.2, 0) is 34.8 Å². The molecule has 3 aromatic rings. The van der Waals surface area contributed by atoms with Crippen molar-refractivity contribution in [2.24, 2.45) is 0 Å². The topological polar surface area (TPSA) is 387 Å². The fourth-order valence-electron chi connectivity index (χ4n) is 8.04. The molecular weight excluding hydrogens is 900 g/mol. The Balaban J connectivity index is 1.34. The molecular formula is C43H56O24. The molecule has 67 heavy (non-hydrogen) atoms. The third-order valence-electron chi connectivity index (χ3n) is 12.0. The Labute approximate surface area is 380 Å². The van der Waals surface area contributed by atoms with Crippen molar-refractivity contribution in [1.29, 1.82) is 0 Å². The van der Waals surface area contributed by atoms with Crippen LogP contribution >= 0.6 is 0 Å². The number of rotatable bonds is 13. The van der Waals surface area contributed by atoms with Crippen molar-refractivity contribution < 1.29 is 114 Å². The van der Waals surface area contributed by atoms with E-state index < -0.39 is 159 Å². The second kappa shape index (κ2) is 20.8. The Kier molecular flexibility index (Phi) is 15.8. The van der Waals surface area contributed by atoms with Gasteiger partial charge >= 0.3 is 0 Å². The second-order valence-electron chi connectivity index (χ2n) is 17.0. The van der Waals surface area contributed by atoms with Crippen LogP contribution in [0.5, 0.6) is 23.0 Å². The largest absolute Gasteiger partial charge is 0.508 e. The van der Waals surface area contributed by atoms with Gasteiger partial charge in [0.25, 0.3) is 0 Å². The van der Waals surface area contributed by atoms with Crippen LogP contribution in [0, 0.1) is 0 Å². The molecule has 4 aliphatic heterocycles. The Hall–Kier alpha value is -4.13. The van der Waals surface area contributed by atoms with Crippen molar-refractivity contribution in [3.8, 4) is 34.3 Å². The lowest BCUT2D eigenvalue weighted by Crippen LogP contribution is -2.65. The van der Waals surface area contributed by atoms with E-state index in [-0.39, 0.29) is 40.4 Å². The highest BCUT2D eigenvalue weighted by molar-refractivity contribution is 5.91. The van der Waals surface area contributed by atoms with Crippen LogP contribution < -0.4 is 14.9 Å². The summed E-state index contributed by atoms with van der Waals surface area (Å²) in [6.45, 7) is 2.68. The Morgan fingerprint density at radius 3 is 1.88 bits per heavy atom. The van der Waals surface area contributed by atoms with Crippen molar-refractivity contribution in [2.75, 3.05) is 19.8 Å². The monoisotopic (exact) mass is 956 g/mol. The smallest absolute Gasteiger partial charge is 0.239 e. The molecule has 0 spiro atoms. The van der Waals surface area contributed by atoms with Crippen LogP contribution in [-0.4, -0.2) is 208 Å². The summed E-state index contributed by atoms with van der Waals surface area (Å²) in [5.74, 6) is -2.33. The molecule has 4 aliphatic rings. The molecule has 0 aliphatic carbocycles. The summed E-state index contributed by atoms with van der Waals surface area (Å²) in [5, 5.41) is 148. The van der Waals surface area contributed by atoms with E-state index in [2.05, 4.69) is 0 Å². The standard InChI is InChI=1S/C43H56O24/c1-14(2)4-9-18-21(61-43-39(32(56)28(52)23(12-45)63-43)67-41-34(58)30(54)27(51)22(11-44)62-41)10-19(47)24-29(53)37(35(64-36(18)24)16-5-7-17(46)8-6-16)65-42-38(31(55)25(49)15(3)60-42)66-40-33(57)26(50)20(48)13-59-40/h4-8,10,15,20,22-23,25-28,30-34,38-52,54-58H,9,11-13H2,1-3H3/t15?,20-,22?,23?,25+,26?,27-,28-,30?,31+,32+,33?,34?,38?,39?,40+,41+,42+,43-/m1/s1. The van der Waals surface area contributed by atoms with Gasteiger partial charge in [0, 0.05) is 17.2 Å². The van der Waals surface area contributed by atoms with Crippen molar-refractivity contribution in [2.45, 2.75) is 144 Å². The van der Waals surface area contributed by atoms with Crippen LogP contribution in [0.1, 0.15) is 26.3 Å². The average molecular weight is 957 g/mol. The normalized spacial score (nSPS) is 38.1. The van der Waals surface area contributed by atoms with Gasteiger partial charge in [-0.2, -0.15) is 0 Å². The number of hydrogen-bond donors (Lipinski definition) is 14.